The Morgan fingerprint density at radius 1 is 1.16 bits per heavy atom. The van der Waals surface area contributed by atoms with Gasteiger partial charge in [-0.3, -0.25) is 9.36 Å². The summed E-state index contributed by atoms with van der Waals surface area (Å²) in [6, 6.07) is 14.6. The van der Waals surface area contributed by atoms with Gasteiger partial charge < -0.3 is 4.90 Å². The number of aryl methyl sites for hydroxylation is 1. The van der Waals surface area contributed by atoms with Gasteiger partial charge in [0.2, 0.25) is 0 Å². The van der Waals surface area contributed by atoms with Crippen LogP contribution in [0, 0.1) is 12.7 Å². The molecule has 158 valence electrons. The maximum absolute atomic E-state index is 14.2. The van der Waals surface area contributed by atoms with Gasteiger partial charge in [0.15, 0.2) is 5.16 Å². The summed E-state index contributed by atoms with van der Waals surface area (Å²) < 4.78 is 15.9. The highest BCUT2D eigenvalue weighted by Crippen LogP contribution is 2.34. The monoisotopic (exact) mass is 451 g/mol. The molecule has 1 aliphatic rings. The lowest BCUT2D eigenvalue weighted by Gasteiger charge is -2.21. The Kier molecular flexibility index (Phi) is 5.42. The van der Waals surface area contributed by atoms with Crippen LogP contribution in [0.3, 0.4) is 0 Å². The number of fused-ring (bicyclic) bond motifs is 3. The van der Waals surface area contributed by atoms with E-state index in [1.807, 2.05) is 37.3 Å². The molecular formula is C24H22FN3OS2. The van der Waals surface area contributed by atoms with Crippen molar-refractivity contribution in [2.45, 2.75) is 30.8 Å². The minimum absolute atomic E-state index is 0.0352. The molecule has 0 atom stereocenters. The van der Waals surface area contributed by atoms with Crippen molar-refractivity contribution < 1.29 is 4.39 Å². The van der Waals surface area contributed by atoms with Crippen molar-refractivity contribution in [1.29, 1.82) is 0 Å². The molecule has 3 heterocycles. The lowest BCUT2D eigenvalue weighted by Crippen LogP contribution is -2.27. The average Bonchev–Trinajstić information content (AvgIpc) is 3.11. The van der Waals surface area contributed by atoms with Gasteiger partial charge in [0.1, 0.15) is 10.6 Å². The molecule has 0 radical (unpaired) electrons. The van der Waals surface area contributed by atoms with Crippen LogP contribution in [0.15, 0.2) is 58.5 Å². The fraction of sp³-hybridized carbons (Fsp3) is 0.250. The Morgan fingerprint density at radius 2 is 1.94 bits per heavy atom. The fourth-order valence-electron chi connectivity index (χ4n) is 3.93. The largest absolute Gasteiger partial charge is 0.301 e. The third-order valence-electron chi connectivity index (χ3n) is 5.64. The molecule has 0 unspecified atom stereocenters. The predicted octanol–water partition coefficient (Wildman–Crippen LogP) is 5.17. The van der Waals surface area contributed by atoms with Crippen LogP contribution in [-0.4, -0.2) is 28.0 Å². The molecule has 0 amide bonds. The standard InChI is InChI=1S/C24H22FN3OS2/c1-15-7-9-17(10-8-15)28-23(29)21-18-11-12-27(2)13-20(18)31-22(21)26-24(28)30-14-16-5-3-4-6-19(16)25/h3-10H,11-14H2,1-2H3. The van der Waals surface area contributed by atoms with Gasteiger partial charge in [0, 0.05) is 23.7 Å². The molecule has 0 spiro atoms. The Morgan fingerprint density at radius 3 is 2.71 bits per heavy atom. The van der Waals surface area contributed by atoms with Crippen molar-refractivity contribution in [2.75, 3.05) is 13.6 Å². The Labute approximate surface area is 188 Å². The van der Waals surface area contributed by atoms with E-state index in [9.17, 15) is 9.18 Å². The number of likely N-dealkylation sites (N-methyl/N-ethyl adjacent to an activating group) is 1. The van der Waals surface area contributed by atoms with E-state index >= 15 is 0 Å². The normalized spacial score (nSPS) is 14.2. The zero-order valence-corrected chi connectivity index (χ0v) is 19.0. The second-order valence-corrected chi connectivity index (χ2v) is 9.95. The van der Waals surface area contributed by atoms with E-state index in [2.05, 4.69) is 11.9 Å². The highest BCUT2D eigenvalue weighted by atomic mass is 32.2. The molecule has 0 aliphatic carbocycles. The summed E-state index contributed by atoms with van der Waals surface area (Å²) in [4.78, 5) is 22.9. The maximum Gasteiger partial charge on any atom is 0.267 e. The van der Waals surface area contributed by atoms with Gasteiger partial charge in [0.05, 0.1) is 11.1 Å². The lowest BCUT2D eigenvalue weighted by molar-refractivity contribution is 0.318. The van der Waals surface area contributed by atoms with Crippen LogP contribution >= 0.6 is 23.1 Å². The van der Waals surface area contributed by atoms with Gasteiger partial charge in [-0.25, -0.2) is 9.37 Å². The van der Waals surface area contributed by atoms with Crippen LogP contribution < -0.4 is 5.56 Å². The summed E-state index contributed by atoms with van der Waals surface area (Å²) >= 11 is 3.01. The second-order valence-electron chi connectivity index (χ2n) is 7.92. The maximum atomic E-state index is 14.2. The number of benzene rings is 2. The Hall–Kier alpha value is -2.48. The van der Waals surface area contributed by atoms with Gasteiger partial charge >= 0.3 is 0 Å². The SMILES string of the molecule is Cc1ccc(-n2c(SCc3ccccc3F)nc3sc4c(c3c2=O)CCN(C)C4)cc1. The third kappa shape index (κ3) is 3.82. The number of thiophene rings is 1. The van der Waals surface area contributed by atoms with Crippen LogP contribution in [0.4, 0.5) is 4.39 Å². The highest BCUT2D eigenvalue weighted by molar-refractivity contribution is 7.98. The minimum atomic E-state index is -0.241. The first kappa shape index (κ1) is 20.4. The van der Waals surface area contributed by atoms with E-state index in [-0.39, 0.29) is 11.4 Å². The van der Waals surface area contributed by atoms with Gasteiger partial charge in [-0.05, 0) is 49.7 Å². The van der Waals surface area contributed by atoms with Crippen molar-refractivity contribution in [3.63, 3.8) is 0 Å². The van der Waals surface area contributed by atoms with Gasteiger partial charge in [-0.1, -0.05) is 47.7 Å². The zero-order valence-electron chi connectivity index (χ0n) is 17.4. The quantitative estimate of drug-likeness (QED) is 0.317. The van der Waals surface area contributed by atoms with Crippen LogP contribution in [0.5, 0.6) is 0 Å². The molecule has 0 bridgehead atoms. The number of rotatable bonds is 4. The van der Waals surface area contributed by atoms with E-state index in [0.717, 1.165) is 46.5 Å². The molecule has 0 N–H and O–H groups in total. The minimum Gasteiger partial charge on any atom is -0.301 e. The number of aromatic nitrogens is 2. The molecule has 0 saturated carbocycles. The molecule has 7 heteroatoms. The topological polar surface area (TPSA) is 38.1 Å². The third-order valence-corrected chi connectivity index (χ3v) is 7.74. The molecular weight excluding hydrogens is 429 g/mol. The molecule has 2 aromatic heterocycles. The molecule has 0 saturated heterocycles. The fourth-order valence-corrected chi connectivity index (χ4v) is 6.27. The van der Waals surface area contributed by atoms with Crippen molar-refractivity contribution in [2.24, 2.45) is 0 Å². The van der Waals surface area contributed by atoms with Crippen LogP contribution in [0.25, 0.3) is 15.9 Å². The molecule has 2 aromatic carbocycles. The van der Waals surface area contributed by atoms with E-state index in [1.165, 1.54) is 22.7 Å². The molecule has 4 nitrogen and oxygen atoms in total. The molecule has 0 fully saturated rings. The van der Waals surface area contributed by atoms with E-state index in [4.69, 9.17) is 4.98 Å². The van der Waals surface area contributed by atoms with Gasteiger partial charge in [-0.15, -0.1) is 11.3 Å². The van der Waals surface area contributed by atoms with Crippen LogP contribution in [-0.2, 0) is 18.7 Å². The first-order valence-electron chi connectivity index (χ1n) is 10.2. The number of hydrogen-bond donors (Lipinski definition) is 0. The summed E-state index contributed by atoms with van der Waals surface area (Å²) in [6.07, 6.45) is 0.859. The first-order valence-corrected chi connectivity index (χ1v) is 12.0. The van der Waals surface area contributed by atoms with Crippen molar-refractivity contribution in [1.82, 2.24) is 14.5 Å². The number of nitrogens with zero attached hydrogens (tertiary/aromatic N) is 3. The smallest absolute Gasteiger partial charge is 0.267 e. The van der Waals surface area contributed by atoms with Crippen LogP contribution in [0.2, 0.25) is 0 Å². The molecule has 5 rings (SSSR count). The Bertz CT molecular complexity index is 1330. The van der Waals surface area contributed by atoms with Crippen LogP contribution in [0.1, 0.15) is 21.6 Å². The van der Waals surface area contributed by atoms with Gasteiger partial charge in [-0.2, -0.15) is 0 Å². The summed E-state index contributed by atoms with van der Waals surface area (Å²) in [7, 11) is 2.10. The summed E-state index contributed by atoms with van der Waals surface area (Å²) in [6.45, 7) is 3.80. The first-order chi connectivity index (χ1) is 15.0. The van der Waals surface area contributed by atoms with Gasteiger partial charge in [0.25, 0.3) is 5.56 Å². The summed E-state index contributed by atoms with van der Waals surface area (Å²) in [5.74, 6) is 0.166. The highest BCUT2D eigenvalue weighted by Gasteiger charge is 2.24. The lowest BCUT2D eigenvalue weighted by atomic mass is 10.1. The van der Waals surface area contributed by atoms with E-state index < -0.39 is 0 Å². The molecule has 1 aliphatic heterocycles. The second kappa shape index (κ2) is 8.22. The van der Waals surface area contributed by atoms with E-state index in [0.29, 0.717) is 16.5 Å². The van der Waals surface area contributed by atoms with Crippen molar-refractivity contribution in [3.8, 4) is 5.69 Å². The molecule has 31 heavy (non-hydrogen) atoms. The Balaban J connectivity index is 1.67. The number of hydrogen-bond acceptors (Lipinski definition) is 5. The van der Waals surface area contributed by atoms with Crippen molar-refractivity contribution >= 4 is 33.3 Å². The average molecular weight is 452 g/mol. The molecule has 4 aromatic rings. The summed E-state index contributed by atoms with van der Waals surface area (Å²) in [5, 5.41) is 1.33. The zero-order chi connectivity index (χ0) is 21.5. The van der Waals surface area contributed by atoms with E-state index in [1.54, 1.807) is 28.0 Å². The number of thioether (sulfide) groups is 1. The van der Waals surface area contributed by atoms with Crippen molar-refractivity contribution in [3.05, 3.63) is 86.3 Å². The predicted molar refractivity (Wildman–Crippen MR) is 126 cm³/mol. The summed E-state index contributed by atoms with van der Waals surface area (Å²) in [5.41, 5.74) is 3.62. The number of halogens is 1.